The number of aromatic nitrogens is 1. The van der Waals surface area contributed by atoms with Crippen molar-refractivity contribution in [2.24, 2.45) is 5.92 Å². The van der Waals surface area contributed by atoms with Gasteiger partial charge in [-0.15, -0.1) is 11.3 Å². The van der Waals surface area contributed by atoms with Crippen LogP contribution in [-0.2, 0) is 11.3 Å². The molecule has 2 N–H and O–H groups in total. The number of hydrogen-bond donors (Lipinski definition) is 1. The highest BCUT2D eigenvalue weighted by molar-refractivity contribution is 7.13. The Morgan fingerprint density at radius 3 is 2.71 bits per heavy atom. The minimum absolute atomic E-state index is 0.290. The van der Waals surface area contributed by atoms with Crippen molar-refractivity contribution in [3.05, 3.63) is 11.1 Å². The Morgan fingerprint density at radius 2 is 2.21 bits per heavy atom. The van der Waals surface area contributed by atoms with Crippen molar-refractivity contribution in [1.82, 2.24) is 4.98 Å². The van der Waals surface area contributed by atoms with Gasteiger partial charge in [-0.25, -0.2) is 4.98 Å². The summed E-state index contributed by atoms with van der Waals surface area (Å²) < 4.78 is 5.64. The zero-order valence-electron chi connectivity index (χ0n) is 8.99. The van der Waals surface area contributed by atoms with Crippen LogP contribution in [0.1, 0.15) is 32.9 Å². The van der Waals surface area contributed by atoms with Gasteiger partial charge in [0.2, 0.25) is 0 Å². The largest absolute Gasteiger partial charge is 0.375 e. The molecule has 80 valence electrons. The second-order valence-corrected chi connectivity index (χ2v) is 4.82. The van der Waals surface area contributed by atoms with Crippen LogP contribution in [-0.4, -0.2) is 11.1 Å². The van der Waals surface area contributed by atoms with Gasteiger partial charge in [-0.2, -0.15) is 0 Å². The number of hydrogen-bond acceptors (Lipinski definition) is 4. The summed E-state index contributed by atoms with van der Waals surface area (Å²) in [4.78, 5) is 4.13. The molecule has 0 bridgehead atoms. The summed E-state index contributed by atoms with van der Waals surface area (Å²) in [5.41, 5.74) is 6.45. The van der Waals surface area contributed by atoms with E-state index in [9.17, 15) is 0 Å². The molecule has 0 spiro atoms. The van der Waals surface area contributed by atoms with Crippen LogP contribution in [0.25, 0.3) is 0 Å². The van der Waals surface area contributed by atoms with E-state index in [0.717, 1.165) is 12.1 Å². The first-order chi connectivity index (χ1) is 6.58. The maximum absolute atomic E-state index is 5.64. The fraction of sp³-hybridized carbons (Fsp3) is 0.700. The van der Waals surface area contributed by atoms with E-state index in [4.69, 9.17) is 10.5 Å². The van der Waals surface area contributed by atoms with Crippen molar-refractivity contribution >= 4 is 16.5 Å². The van der Waals surface area contributed by atoms with Gasteiger partial charge in [-0.05, 0) is 19.3 Å². The summed E-state index contributed by atoms with van der Waals surface area (Å²) in [6.07, 6.45) is 1.37. The van der Waals surface area contributed by atoms with Gasteiger partial charge in [0.25, 0.3) is 0 Å². The predicted octanol–water partition coefficient (Wildman–Crippen LogP) is 2.68. The zero-order valence-corrected chi connectivity index (χ0v) is 9.80. The van der Waals surface area contributed by atoms with Gasteiger partial charge >= 0.3 is 0 Å². The minimum atomic E-state index is 0.290. The van der Waals surface area contributed by atoms with Crippen molar-refractivity contribution in [3.8, 4) is 0 Å². The topological polar surface area (TPSA) is 48.1 Å². The Bertz CT molecular complexity index is 273. The van der Waals surface area contributed by atoms with Crippen LogP contribution < -0.4 is 5.73 Å². The first-order valence-corrected chi connectivity index (χ1v) is 5.77. The maximum Gasteiger partial charge on any atom is 0.180 e. The smallest absolute Gasteiger partial charge is 0.180 e. The Hall–Kier alpha value is -0.610. The van der Waals surface area contributed by atoms with Crippen LogP contribution in [0.3, 0.4) is 0 Å². The summed E-state index contributed by atoms with van der Waals surface area (Å²) in [6, 6.07) is 0. The highest BCUT2D eigenvalue weighted by atomic mass is 32.1. The minimum Gasteiger partial charge on any atom is -0.375 e. The van der Waals surface area contributed by atoms with Gasteiger partial charge in [-0.1, -0.05) is 13.8 Å². The first-order valence-electron chi connectivity index (χ1n) is 4.89. The van der Waals surface area contributed by atoms with E-state index in [2.05, 4.69) is 25.8 Å². The number of nitrogens with zero attached hydrogens (tertiary/aromatic N) is 1. The average molecular weight is 214 g/mol. The third-order valence-corrected chi connectivity index (χ3v) is 2.61. The van der Waals surface area contributed by atoms with Gasteiger partial charge in [0.15, 0.2) is 5.13 Å². The second kappa shape index (κ2) is 5.32. The molecule has 0 saturated heterocycles. The van der Waals surface area contributed by atoms with Crippen molar-refractivity contribution in [2.45, 2.75) is 39.9 Å². The molecule has 0 aliphatic rings. The standard InChI is InChI=1S/C10H18N2OS/c1-7(2)4-8(3)13-5-9-6-14-10(11)12-9/h6-8H,4-5H2,1-3H3,(H2,11,12). The fourth-order valence-electron chi connectivity index (χ4n) is 1.35. The van der Waals surface area contributed by atoms with Crippen LogP contribution in [0.4, 0.5) is 5.13 Å². The van der Waals surface area contributed by atoms with Crippen molar-refractivity contribution in [2.75, 3.05) is 5.73 Å². The van der Waals surface area contributed by atoms with Crippen LogP contribution >= 0.6 is 11.3 Å². The lowest BCUT2D eigenvalue weighted by molar-refractivity contribution is 0.0382. The third kappa shape index (κ3) is 4.07. The van der Waals surface area contributed by atoms with Gasteiger partial charge in [0, 0.05) is 5.38 Å². The molecule has 0 radical (unpaired) electrons. The van der Waals surface area contributed by atoms with Crippen LogP contribution in [0.5, 0.6) is 0 Å². The number of rotatable bonds is 5. The quantitative estimate of drug-likeness (QED) is 0.819. The van der Waals surface area contributed by atoms with Gasteiger partial charge in [-0.3, -0.25) is 0 Å². The van der Waals surface area contributed by atoms with Crippen LogP contribution in [0, 0.1) is 5.92 Å². The Morgan fingerprint density at radius 1 is 1.50 bits per heavy atom. The molecule has 4 heteroatoms. The molecule has 3 nitrogen and oxygen atoms in total. The third-order valence-electron chi connectivity index (χ3n) is 1.89. The molecule has 0 saturated carbocycles. The molecule has 1 aromatic rings. The van der Waals surface area contributed by atoms with Crippen LogP contribution in [0.15, 0.2) is 5.38 Å². The van der Waals surface area contributed by atoms with Crippen molar-refractivity contribution in [3.63, 3.8) is 0 Å². The summed E-state index contributed by atoms with van der Waals surface area (Å²) in [7, 11) is 0. The van der Waals surface area contributed by atoms with Crippen molar-refractivity contribution in [1.29, 1.82) is 0 Å². The van der Waals surface area contributed by atoms with Crippen molar-refractivity contribution < 1.29 is 4.74 Å². The van der Waals surface area contributed by atoms with Gasteiger partial charge in [0.05, 0.1) is 18.4 Å². The van der Waals surface area contributed by atoms with Gasteiger partial charge in [0.1, 0.15) is 0 Å². The summed E-state index contributed by atoms with van der Waals surface area (Å²) in [5, 5.41) is 2.55. The lowest BCUT2D eigenvalue weighted by atomic mass is 10.1. The van der Waals surface area contributed by atoms with Gasteiger partial charge < -0.3 is 10.5 Å². The van der Waals surface area contributed by atoms with E-state index in [1.54, 1.807) is 0 Å². The highest BCUT2D eigenvalue weighted by Crippen LogP contribution is 2.14. The molecular weight excluding hydrogens is 196 g/mol. The predicted molar refractivity (Wildman–Crippen MR) is 60.2 cm³/mol. The SMILES string of the molecule is CC(C)CC(C)OCc1csc(N)n1. The molecule has 0 fully saturated rings. The van der Waals surface area contributed by atoms with E-state index in [0.29, 0.717) is 17.7 Å². The molecular formula is C10H18N2OS. The molecule has 0 aliphatic heterocycles. The highest BCUT2D eigenvalue weighted by Gasteiger charge is 2.06. The van der Waals surface area contributed by atoms with E-state index in [1.807, 2.05) is 5.38 Å². The number of nitrogen functional groups attached to an aromatic ring is 1. The lowest BCUT2D eigenvalue weighted by Crippen LogP contribution is -2.11. The molecule has 14 heavy (non-hydrogen) atoms. The zero-order chi connectivity index (χ0) is 10.6. The normalized spacial score (nSPS) is 13.4. The molecule has 1 heterocycles. The summed E-state index contributed by atoms with van der Waals surface area (Å²) >= 11 is 1.46. The number of anilines is 1. The fourth-order valence-corrected chi connectivity index (χ4v) is 1.90. The number of ether oxygens (including phenoxy) is 1. The molecule has 0 aliphatic carbocycles. The molecule has 1 rings (SSSR count). The Kier molecular flexibility index (Phi) is 4.35. The maximum atomic E-state index is 5.64. The number of thiazole rings is 1. The second-order valence-electron chi connectivity index (χ2n) is 3.93. The van der Waals surface area contributed by atoms with Crippen LogP contribution in [0.2, 0.25) is 0 Å². The molecule has 1 aromatic heterocycles. The molecule has 0 aromatic carbocycles. The van der Waals surface area contributed by atoms with E-state index >= 15 is 0 Å². The Balaban J connectivity index is 2.26. The Labute approximate surface area is 89.3 Å². The number of nitrogens with two attached hydrogens (primary N) is 1. The molecule has 1 unspecified atom stereocenters. The average Bonchev–Trinajstić information content (AvgIpc) is 2.47. The molecule has 0 amide bonds. The molecule has 1 atom stereocenters. The van der Waals surface area contributed by atoms with E-state index < -0.39 is 0 Å². The van der Waals surface area contributed by atoms with E-state index in [-0.39, 0.29) is 6.10 Å². The monoisotopic (exact) mass is 214 g/mol. The summed E-state index contributed by atoms with van der Waals surface area (Å²) in [5.74, 6) is 0.672. The van der Waals surface area contributed by atoms with E-state index in [1.165, 1.54) is 11.3 Å². The lowest BCUT2D eigenvalue weighted by Gasteiger charge is -2.13. The summed E-state index contributed by atoms with van der Waals surface area (Å²) in [6.45, 7) is 7.05. The first kappa shape index (κ1) is 11.5.